The minimum Gasteiger partial charge on any atom is -0.482 e. The van der Waals surface area contributed by atoms with Gasteiger partial charge in [0.25, 0.3) is 0 Å². The van der Waals surface area contributed by atoms with Crippen LogP contribution in [0.3, 0.4) is 0 Å². The molecule has 6 heteroatoms. The van der Waals surface area contributed by atoms with Gasteiger partial charge in [0.15, 0.2) is 12.2 Å². The molecule has 2 rings (SSSR count). The molecule has 0 aliphatic carbocycles. The van der Waals surface area contributed by atoms with Crippen molar-refractivity contribution in [2.75, 3.05) is 13.7 Å². The van der Waals surface area contributed by atoms with Gasteiger partial charge >= 0.3 is 10.9 Å². The fraction of sp³-hybridized carbons (Fsp3) is 0.200. The van der Waals surface area contributed by atoms with Gasteiger partial charge in [-0.25, -0.2) is 9.59 Å². The van der Waals surface area contributed by atoms with Gasteiger partial charge in [0.2, 0.25) is 0 Å². The van der Waals surface area contributed by atoms with Crippen LogP contribution in [-0.2, 0) is 9.53 Å². The fourth-order valence-electron chi connectivity index (χ4n) is 1.14. The van der Waals surface area contributed by atoms with Crippen molar-refractivity contribution in [1.82, 2.24) is 0 Å². The van der Waals surface area contributed by atoms with Gasteiger partial charge in [0.05, 0.1) is 11.8 Å². The highest BCUT2D eigenvalue weighted by molar-refractivity contribution is 7.16. The van der Waals surface area contributed by atoms with Crippen molar-refractivity contribution >= 4 is 27.6 Å². The van der Waals surface area contributed by atoms with E-state index in [2.05, 4.69) is 4.74 Å². The molecule has 0 bridgehead atoms. The summed E-state index contributed by atoms with van der Waals surface area (Å²) in [5.74, 6) is -0.00804. The predicted octanol–water partition coefficient (Wildman–Crippen LogP) is 1.41. The van der Waals surface area contributed by atoms with Crippen molar-refractivity contribution in [1.29, 1.82) is 0 Å². The van der Waals surface area contributed by atoms with Crippen molar-refractivity contribution in [2.24, 2.45) is 0 Å². The van der Waals surface area contributed by atoms with E-state index in [9.17, 15) is 9.59 Å². The summed E-state index contributed by atoms with van der Waals surface area (Å²) in [4.78, 5) is 21.4. The number of rotatable bonds is 3. The van der Waals surface area contributed by atoms with Crippen LogP contribution in [0.25, 0.3) is 10.3 Å². The van der Waals surface area contributed by atoms with Crippen LogP contribution in [0.4, 0.5) is 0 Å². The third-order valence-corrected chi connectivity index (χ3v) is 2.69. The molecule has 0 atom stereocenters. The maximum absolute atomic E-state index is 10.9. The van der Waals surface area contributed by atoms with Gasteiger partial charge in [0, 0.05) is 6.07 Å². The Bertz CT molecular complexity index is 568. The van der Waals surface area contributed by atoms with Crippen molar-refractivity contribution in [3.63, 3.8) is 0 Å². The smallest absolute Gasteiger partial charge is 0.396 e. The maximum Gasteiger partial charge on any atom is 0.396 e. The summed E-state index contributed by atoms with van der Waals surface area (Å²) in [5.41, 5.74) is 0.456. The maximum atomic E-state index is 10.9. The van der Waals surface area contributed by atoms with E-state index in [1.807, 2.05) is 0 Å². The molecule has 0 N–H and O–H groups in total. The Labute approximate surface area is 94.2 Å². The minimum atomic E-state index is -0.466. The van der Waals surface area contributed by atoms with E-state index in [1.54, 1.807) is 18.2 Å². The molecule has 84 valence electrons. The number of esters is 1. The largest absolute Gasteiger partial charge is 0.482 e. The molecule has 0 radical (unpaired) electrons. The molecule has 0 saturated carbocycles. The second-order valence-electron chi connectivity index (χ2n) is 2.93. The van der Waals surface area contributed by atoms with Crippen LogP contribution in [0.5, 0.6) is 5.75 Å². The van der Waals surface area contributed by atoms with Crippen molar-refractivity contribution in [3.05, 3.63) is 27.9 Å². The lowest BCUT2D eigenvalue weighted by Crippen LogP contribution is -2.12. The van der Waals surface area contributed by atoms with Crippen molar-refractivity contribution < 1.29 is 18.7 Å². The SMILES string of the molecule is COC(=O)COc1ccc2sc(=O)oc2c1. The number of carbonyl (C=O) groups is 1. The molecule has 0 spiro atoms. The molecule has 0 unspecified atom stereocenters. The first-order valence-electron chi connectivity index (χ1n) is 4.42. The lowest BCUT2D eigenvalue weighted by atomic mass is 10.3. The number of ether oxygens (including phenoxy) is 2. The Hall–Kier alpha value is -1.82. The van der Waals surface area contributed by atoms with Gasteiger partial charge in [-0.3, -0.25) is 0 Å². The summed E-state index contributed by atoms with van der Waals surface area (Å²) in [6.07, 6.45) is 0. The van der Waals surface area contributed by atoms with Crippen LogP contribution in [0.15, 0.2) is 27.4 Å². The first kappa shape index (κ1) is 10.7. The van der Waals surface area contributed by atoms with Crippen molar-refractivity contribution in [3.8, 4) is 5.75 Å². The number of fused-ring (bicyclic) bond motifs is 1. The number of benzene rings is 1. The molecular formula is C10H8O5S. The van der Waals surface area contributed by atoms with E-state index in [1.165, 1.54) is 7.11 Å². The van der Waals surface area contributed by atoms with Gasteiger partial charge in [-0.05, 0) is 12.1 Å². The van der Waals surface area contributed by atoms with Crippen LogP contribution in [0.2, 0.25) is 0 Å². The zero-order valence-corrected chi connectivity index (χ0v) is 9.21. The van der Waals surface area contributed by atoms with E-state index < -0.39 is 5.97 Å². The average Bonchev–Trinajstić information content (AvgIpc) is 2.65. The number of hydrogen-bond acceptors (Lipinski definition) is 6. The lowest BCUT2D eigenvalue weighted by Gasteiger charge is -2.03. The highest BCUT2D eigenvalue weighted by Gasteiger charge is 2.05. The second-order valence-corrected chi connectivity index (χ2v) is 3.90. The molecule has 0 amide bonds. The van der Waals surface area contributed by atoms with E-state index >= 15 is 0 Å². The molecule has 0 aliphatic rings. The number of methoxy groups -OCH3 is 1. The van der Waals surface area contributed by atoms with Crippen molar-refractivity contribution in [2.45, 2.75) is 0 Å². The standard InChI is InChI=1S/C10H8O5S/c1-13-9(11)5-14-6-2-3-8-7(4-6)15-10(12)16-8/h2-4H,5H2,1H3. The zero-order valence-electron chi connectivity index (χ0n) is 8.39. The summed E-state index contributed by atoms with van der Waals surface area (Å²) >= 11 is 1.02. The summed E-state index contributed by atoms with van der Waals surface area (Å²) in [6.45, 7) is -0.170. The fourth-order valence-corrected chi connectivity index (χ4v) is 1.79. The summed E-state index contributed by atoms with van der Waals surface area (Å²) in [7, 11) is 1.28. The second kappa shape index (κ2) is 4.36. The Balaban J connectivity index is 2.19. The van der Waals surface area contributed by atoms with Crippen LogP contribution >= 0.6 is 11.3 Å². The molecule has 2 aromatic rings. The first-order chi connectivity index (χ1) is 7.69. The van der Waals surface area contributed by atoms with Crippen LogP contribution in [0, 0.1) is 0 Å². The normalized spacial score (nSPS) is 10.3. The third kappa shape index (κ3) is 2.22. The molecule has 1 aromatic carbocycles. The zero-order chi connectivity index (χ0) is 11.5. The topological polar surface area (TPSA) is 65.7 Å². The molecule has 1 heterocycles. The number of hydrogen-bond donors (Lipinski definition) is 0. The molecule has 0 aliphatic heterocycles. The van der Waals surface area contributed by atoms with Gasteiger partial charge in [0.1, 0.15) is 5.75 Å². The summed E-state index contributed by atoms with van der Waals surface area (Å²) < 4.78 is 15.2. The third-order valence-electron chi connectivity index (χ3n) is 1.89. The Kier molecular flexibility index (Phi) is 2.91. The Morgan fingerprint density at radius 1 is 1.50 bits per heavy atom. The summed E-state index contributed by atoms with van der Waals surface area (Å²) in [5, 5.41) is 0. The minimum absolute atomic E-state index is 0.170. The van der Waals surface area contributed by atoms with E-state index in [0.717, 1.165) is 16.0 Å². The Morgan fingerprint density at radius 2 is 2.31 bits per heavy atom. The lowest BCUT2D eigenvalue weighted by molar-refractivity contribution is -0.142. The molecule has 1 aromatic heterocycles. The average molecular weight is 240 g/mol. The first-order valence-corrected chi connectivity index (χ1v) is 5.24. The summed E-state index contributed by atoms with van der Waals surface area (Å²) in [6, 6.07) is 4.93. The van der Waals surface area contributed by atoms with Crippen LogP contribution in [0.1, 0.15) is 0 Å². The highest BCUT2D eigenvalue weighted by atomic mass is 32.1. The molecule has 16 heavy (non-hydrogen) atoms. The van der Waals surface area contributed by atoms with Crippen LogP contribution < -0.4 is 9.68 Å². The Morgan fingerprint density at radius 3 is 3.06 bits per heavy atom. The molecule has 5 nitrogen and oxygen atoms in total. The highest BCUT2D eigenvalue weighted by Crippen LogP contribution is 2.22. The van der Waals surface area contributed by atoms with Gasteiger partial charge in [-0.1, -0.05) is 11.3 Å². The monoisotopic (exact) mass is 240 g/mol. The van der Waals surface area contributed by atoms with E-state index in [-0.39, 0.29) is 11.5 Å². The number of carbonyl (C=O) groups excluding carboxylic acids is 1. The molecule has 0 saturated heterocycles. The van der Waals surface area contributed by atoms with Crippen LogP contribution in [-0.4, -0.2) is 19.7 Å². The van der Waals surface area contributed by atoms with Gasteiger partial charge < -0.3 is 13.9 Å². The predicted molar refractivity (Wildman–Crippen MR) is 57.9 cm³/mol. The van der Waals surface area contributed by atoms with E-state index in [4.69, 9.17) is 9.15 Å². The molecule has 0 fully saturated rings. The quantitative estimate of drug-likeness (QED) is 0.759. The van der Waals surface area contributed by atoms with E-state index in [0.29, 0.717) is 11.3 Å². The van der Waals surface area contributed by atoms with Gasteiger partial charge in [-0.15, -0.1) is 0 Å². The van der Waals surface area contributed by atoms with Gasteiger partial charge in [-0.2, -0.15) is 0 Å². The molecular weight excluding hydrogens is 232 g/mol.